The van der Waals surface area contributed by atoms with Gasteiger partial charge in [-0.3, -0.25) is 4.79 Å². The lowest BCUT2D eigenvalue weighted by atomic mass is 10.2. The fourth-order valence-electron chi connectivity index (χ4n) is 1.41. The van der Waals surface area contributed by atoms with Crippen molar-refractivity contribution in [3.05, 3.63) is 29.0 Å². The molecule has 1 aromatic carbocycles. The number of carboxylic acids is 1. The van der Waals surface area contributed by atoms with Crippen molar-refractivity contribution in [2.45, 2.75) is 17.4 Å². The van der Waals surface area contributed by atoms with Crippen LogP contribution in [-0.2, 0) is 19.6 Å². The number of halogens is 2. The number of ether oxygens (including phenoxy) is 1. The van der Waals surface area contributed by atoms with Crippen LogP contribution in [0.15, 0.2) is 23.1 Å². The van der Waals surface area contributed by atoms with E-state index in [1.54, 1.807) is 0 Å². The Morgan fingerprint density at radius 3 is 2.75 bits per heavy atom. The fourth-order valence-corrected chi connectivity index (χ4v) is 2.80. The first kappa shape index (κ1) is 16.8. The SMILES string of the molecule is COC(CNS(=O)(=O)c1cccc(Cl)c1F)CC(=O)O. The predicted molar refractivity (Wildman–Crippen MR) is 69.6 cm³/mol. The van der Waals surface area contributed by atoms with E-state index in [2.05, 4.69) is 4.72 Å². The highest BCUT2D eigenvalue weighted by atomic mass is 35.5. The second kappa shape index (κ2) is 6.98. The highest BCUT2D eigenvalue weighted by Crippen LogP contribution is 2.21. The van der Waals surface area contributed by atoms with Crippen LogP contribution in [0.3, 0.4) is 0 Å². The molecular weight excluding hydrogens is 313 g/mol. The van der Waals surface area contributed by atoms with Gasteiger partial charge in [-0.25, -0.2) is 17.5 Å². The number of carbonyl (C=O) groups is 1. The number of sulfonamides is 1. The lowest BCUT2D eigenvalue weighted by molar-refractivity contribution is -0.139. The maximum absolute atomic E-state index is 13.6. The van der Waals surface area contributed by atoms with Crippen LogP contribution in [0, 0.1) is 5.82 Å². The maximum atomic E-state index is 13.6. The standard InChI is InChI=1S/C11H13ClFNO5S/c1-19-7(5-10(15)16)6-14-20(17,18)9-4-2-3-8(12)11(9)13/h2-4,7,14H,5-6H2,1H3,(H,15,16). The van der Waals surface area contributed by atoms with E-state index >= 15 is 0 Å². The first-order valence-corrected chi connectivity index (χ1v) is 7.32. The molecule has 0 spiro atoms. The molecule has 0 aromatic heterocycles. The molecule has 0 aliphatic heterocycles. The van der Waals surface area contributed by atoms with Gasteiger partial charge in [0.1, 0.15) is 4.90 Å². The number of hydrogen-bond acceptors (Lipinski definition) is 4. The third-order valence-corrected chi connectivity index (χ3v) is 4.18. The van der Waals surface area contributed by atoms with E-state index in [-0.39, 0.29) is 18.0 Å². The van der Waals surface area contributed by atoms with Crippen LogP contribution < -0.4 is 4.72 Å². The van der Waals surface area contributed by atoms with E-state index in [1.807, 2.05) is 0 Å². The van der Waals surface area contributed by atoms with Gasteiger partial charge in [0.05, 0.1) is 17.5 Å². The summed E-state index contributed by atoms with van der Waals surface area (Å²) in [5.41, 5.74) is 0. The smallest absolute Gasteiger partial charge is 0.306 e. The molecule has 0 bridgehead atoms. The molecule has 112 valence electrons. The minimum atomic E-state index is -4.14. The quantitative estimate of drug-likeness (QED) is 0.787. The average molecular weight is 326 g/mol. The van der Waals surface area contributed by atoms with E-state index in [0.29, 0.717) is 0 Å². The Labute approximate surface area is 120 Å². The molecule has 0 radical (unpaired) electrons. The van der Waals surface area contributed by atoms with Gasteiger partial charge in [0.15, 0.2) is 5.82 Å². The molecule has 6 nitrogen and oxygen atoms in total. The minimum absolute atomic E-state index is 0.295. The predicted octanol–water partition coefficient (Wildman–Crippen LogP) is 1.25. The number of methoxy groups -OCH3 is 1. The zero-order valence-corrected chi connectivity index (χ0v) is 12.0. The van der Waals surface area contributed by atoms with Gasteiger partial charge in [0.25, 0.3) is 0 Å². The normalized spacial score (nSPS) is 13.2. The fraction of sp³-hybridized carbons (Fsp3) is 0.364. The van der Waals surface area contributed by atoms with Gasteiger partial charge in [-0.1, -0.05) is 17.7 Å². The Hall–Kier alpha value is -1.22. The second-order valence-electron chi connectivity index (χ2n) is 3.86. The molecule has 2 N–H and O–H groups in total. The molecule has 0 aliphatic rings. The highest BCUT2D eigenvalue weighted by Gasteiger charge is 2.22. The van der Waals surface area contributed by atoms with Crippen molar-refractivity contribution in [1.82, 2.24) is 4.72 Å². The molecule has 0 heterocycles. The largest absolute Gasteiger partial charge is 0.481 e. The van der Waals surface area contributed by atoms with Crippen molar-refractivity contribution < 1.29 is 27.4 Å². The zero-order valence-electron chi connectivity index (χ0n) is 10.5. The first-order valence-electron chi connectivity index (χ1n) is 5.46. The van der Waals surface area contributed by atoms with Crippen LogP contribution in [0.5, 0.6) is 0 Å². The summed E-state index contributed by atoms with van der Waals surface area (Å²) in [5.74, 6) is -2.20. The summed E-state index contributed by atoms with van der Waals surface area (Å²) in [6.07, 6.45) is -1.23. The molecule has 0 aliphatic carbocycles. The van der Waals surface area contributed by atoms with Gasteiger partial charge in [-0.05, 0) is 12.1 Å². The first-order chi connectivity index (χ1) is 9.27. The van der Waals surface area contributed by atoms with Gasteiger partial charge in [-0.2, -0.15) is 0 Å². The molecule has 0 amide bonds. The van der Waals surface area contributed by atoms with Crippen LogP contribution in [0.1, 0.15) is 6.42 Å². The van der Waals surface area contributed by atoms with Crippen molar-refractivity contribution >= 4 is 27.6 Å². The third kappa shape index (κ3) is 4.41. The molecule has 0 saturated heterocycles. The zero-order chi connectivity index (χ0) is 15.3. The van der Waals surface area contributed by atoms with Crippen molar-refractivity contribution in [1.29, 1.82) is 0 Å². The van der Waals surface area contributed by atoms with E-state index in [9.17, 15) is 17.6 Å². The second-order valence-corrected chi connectivity index (χ2v) is 6.00. The third-order valence-electron chi connectivity index (χ3n) is 2.44. The van der Waals surface area contributed by atoms with Gasteiger partial charge < -0.3 is 9.84 Å². The monoisotopic (exact) mass is 325 g/mol. The molecule has 1 aromatic rings. The Bertz CT molecular complexity index is 592. The lowest BCUT2D eigenvalue weighted by Gasteiger charge is -2.14. The van der Waals surface area contributed by atoms with Crippen molar-refractivity contribution in [2.75, 3.05) is 13.7 Å². The molecule has 9 heteroatoms. The summed E-state index contributed by atoms with van der Waals surface area (Å²) in [5, 5.41) is 8.29. The number of nitrogens with one attached hydrogen (secondary N) is 1. The van der Waals surface area contributed by atoms with E-state index in [1.165, 1.54) is 19.2 Å². The van der Waals surface area contributed by atoms with Crippen molar-refractivity contribution in [2.24, 2.45) is 0 Å². The molecular formula is C11H13ClFNO5S. The molecule has 20 heavy (non-hydrogen) atoms. The Kier molecular flexibility index (Phi) is 5.88. The summed E-state index contributed by atoms with van der Waals surface area (Å²) in [6.45, 7) is -0.295. The average Bonchev–Trinajstić information content (AvgIpc) is 2.37. The summed E-state index contributed by atoms with van der Waals surface area (Å²) < 4.78 is 44.3. The molecule has 1 atom stereocenters. The van der Waals surface area contributed by atoms with Gasteiger partial charge in [0.2, 0.25) is 10.0 Å². The Morgan fingerprint density at radius 2 is 2.20 bits per heavy atom. The van der Waals surface area contributed by atoms with Crippen LogP contribution in [-0.4, -0.2) is 39.3 Å². The molecule has 0 saturated carbocycles. The molecule has 0 fully saturated rings. The minimum Gasteiger partial charge on any atom is -0.481 e. The van der Waals surface area contributed by atoms with Crippen LogP contribution >= 0.6 is 11.6 Å². The van der Waals surface area contributed by atoms with Crippen LogP contribution in [0.25, 0.3) is 0 Å². The van der Waals surface area contributed by atoms with Gasteiger partial charge in [-0.15, -0.1) is 0 Å². The van der Waals surface area contributed by atoms with E-state index < -0.39 is 32.8 Å². The van der Waals surface area contributed by atoms with Crippen LogP contribution in [0.4, 0.5) is 4.39 Å². The lowest BCUT2D eigenvalue weighted by Crippen LogP contribution is -2.34. The maximum Gasteiger partial charge on any atom is 0.306 e. The summed E-state index contributed by atoms with van der Waals surface area (Å²) in [7, 11) is -2.88. The van der Waals surface area contributed by atoms with E-state index in [0.717, 1.165) is 6.07 Å². The van der Waals surface area contributed by atoms with Gasteiger partial charge >= 0.3 is 5.97 Å². The van der Waals surface area contributed by atoms with Crippen molar-refractivity contribution in [3.8, 4) is 0 Å². The number of benzene rings is 1. The van der Waals surface area contributed by atoms with Crippen LogP contribution in [0.2, 0.25) is 5.02 Å². The summed E-state index contributed by atoms with van der Waals surface area (Å²) in [4.78, 5) is 9.93. The molecule has 1 rings (SSSR count). The number of aliphatic carboxylic acids is 1. The Balaban J connectivity index is 2.85. The number of hydrogen-bond donors (Lipinski definition) is 2. The topological polar surface area (TPSA) is 92.7 Å². The number of rotatable bonds is 7. The molecule has 1 unspecified atom stereocenters. The van der Waals surface area contributed by atoms with Gasteiger partial charge in [0, 0.05) is 13.7 Å². The van der Waals surface area contributed by atoms with E-state index in [4.69, 9.17) is 21.4 Å². The summed E-state index contributed by atoms with van der Waals surface area (Å²) >= 11 is 5.51. The highest BCUT2D eigenvalue weighted by molar-refractivity contribution is 7.89. The number of carboxylic acid groups (broad SMARTS) is 1. The van der Waals surface area contributed by atoms with Crippen molar-refractivity contribution in [3.63, 3.8) is 0 Å². The Morgan fingerprint density at radius 1 is 1.55 bits per heavy atom. The summed E-state index contributed by atoms with van der Waals surface area (Å²) in [6, 6.07) is 3.58.